The van der Waals surface area contributed by atoms with Crippen LogP contribution >= 0.6 is 11.8 Å². The molecule has 0 atom stereocenters. The van der Waals surface area contributed by atoms with Gasteiger partial charge in [-0.15, -0.1) is 11.8 Å². The third-order valence-electron chi connectivity index (χ3n) is 4.04. The van der Waals surface area contributed by atoms with Gasteiger partial charge in [0.1, 0.15) is 11.5 Å². The highest BCUT2D eigenvalue weighted by Crippen LogP contribution is 2.26. The number of fused-ring (bicyclic) bond motifs is 1. The van der Waals surface area contributed by atoms with E-state index in [1.807, 2.05) is 67.6 Å². The average Bonchev–Trinajstić information content (AvgIpc) is 2.74. The largest absolute Gasteiger partial charge is 0.497 e. The van der Waals surface area contributed by atoms with E-state index in [0.717, 1.165) is 32.7 Å². The Morgan fingerprint density at radius 3 is 2.64 bits per heavy atom. The van der Waals surface area contributed by atoms with Crippen molar-refractivity contribution in [3.63, 3.8) is 0 Å². The highest BCUT2D eigenvalue weighted by Gasteiger charge is 2.07. The number of nitrogens with one attached hydrogen (secondary N) is 1. The van der Waals surface area contributed by atoms with Crippen LogP contribution in [0.4, 0.5) is 0 Å². The smallest absolute Gasteiger partial charge is 0.250 e. The van der Waals surface area contributed by atoms with Crippen LogP contribution in [0, 0.1) is 0 Å². The molecule has 1 N–H and O–H groups in total. The maximum Gasteiger partial charge on any atom is 0.250 e. The quantitative estimate of drug-likeness (QED) is 0.347. The summed E-state index contributed by atoms with van der Waals surface area (Å²) in [7, 11) is 1.63. The minimum absolute atomic E-state index is 0.171. The number of nitrogens with zero attached hydrogens (tertiary/aromatic N) is 1. The third kappa shape index (κ3) is 5.04. The van der Waals surface area contributed by atoms with E-state index in [-0.39, 0.29) is 11.7 Å². The Labute approximate surface area is 168 Å². The first-order valence-electron chi connectivity index (χ1n) is 8.94. The molecule has 144 valence electrons. The van der Waals surface area contributed by atoms with Gasteiger partial charge in [0.05, 0.1) is 25.7 Å². The molecule has 5 nitrogen and oxygen atoms in total. The number of hydrogen-bond donors (Lipinski definition) is 1. The standard InChI is InChI=1S/C22H22N2O3S/c1-3-27-21-13-8-16-6-4-5-7-19(16)20(21)14-23-24-22(25)15-28-18-11-9-17(26-2)10-12-18/h4-14H,3,15H2,1-2H3,(H,24,25)/b23-14-. The summed E-state index contributed by atoms with van der Waals surface area (Å²) in [5, 5.41) is 6.25. The molecule has 6 heteroatoms. The number of benzene rings is 3. The number of methoxy groups -OCH3 is 1. The molecule has 1 amide bonds. The van der Waals surface area contributed by atoms with Crippen LogP contribution in [0.25, 0.3) is 10.8 Å². The predicted octanol–water partition coefficient (Wildman–Crippen LogP) is 4.49. The van der Waals surface area contributed by atoms with Crippen molar-refractivity contribution in [1.82, 2.24) is 5.43 Å². The van der Waals surface area contributed by atoms with Crippen molar-refractivity contribution in [3.05, 3.63) is 66.2 Å². The predicted molar refractivity (Wildman–Crippen MR) is 115 cm³/mol. The van der Waals surface area contributed by atoms with Crippen LogP contribution in [0.3, 0.4) is 0 Å². The molecule has 0 aliphatic heterocycles. The fraction of sp³-hybridized carbons (Fsp3) is 0.182. The molecule has 3 rings (SSSR count). The minimum Gasteiger partial charge on any atom is -0.497 e. The zero-order valence-electron chi connectivity index (χ0n) is 15.8. The Morgan fingerprint density at radius 1 is 1.11 bits per heavy atom. The van der Waals surface area contributed by atoms with E-state index in [9.17, 15) is 4.79 Å². The van der Waals surface area contributed by atoms with Gasteiger partial charge in [-0.25, -0.2) is 5.43 Å². The van der Waals surface area contributed by atoms with Crippen molar-refractivity contribution in [2.45, 2.75) is 11.8 Å². The van der Waals surface area contributed by atoms with Crippen LogP contribution in [0.2, 0.25) is 0 Å². The van der Waals surface area contributed by atoms with E-state index >= 15 is 0 Å². The molecule has 0 unspecified atom stereocenters. The second kappa shape index (κ2) is 9.80. The molecular formula is C22H22N2O3S. The number of ether oxygens (including phenoxy) is 2. The molecule has 3 aromatic carbocycles. The number of amides is 1. The Morgan fingerprint density at radius 2 is 1.89 bits per heavy atom. The first-order valence-corrected chi connectivity index (χ1v) is 9.93. The van der Waals surface area contributed by atoms with Crippen molar-refractivity contribution in [3.8, 4) is 11.5 Å². The molecule has 0 saturated carbocycles. The Kier molecular flexibility index (Phi) is 6.92. The van der Waals surface area contributed by atoms with Gasteiger partial charge in [-0.2, -0.15) is 5.10 Å². The highest BCUT2D eigenvalue weighted by atomic mass is 32.2. The van der Waals surface area contributed by atoms with Gasteiger partial charge in [-0.3, -0.25) is 4.79 Å². The van der Waals surface area contributed by atoms with Gasteiger partial charge in [0, 0.05) is 10.5 Å². The van der Waals surface area contributed by atoms with Gasteiger partial charge < -0.3 is 9.47 Å². The van der Waals surface area contributed by atoms with Gasteiger partial charge in [0.15, 0.2) is 0 Å². The summed E-state index contributed by atoms with van der Waals surface area (Å²) in [4.78, 5) is 13.1. The van der Waals surface area contributed by atoms with Gasteiger partial charge in [0.2, 0.25) is 5.91 Å². The summed E-state index contributed by atoms with van der Waals surface area (Å²) in [5.74, 6) is 1.64. The SMILES string of the molecule is CCOc1ccc2ccccc2c1/C=N\NC(=O)CSc1ccc(OC)cc1. The molecule has 0 saturated heterocycles. The lowest BCUT2D eigenvalue weighted by Gasteiger charge is -2.10. The Hall–Kier alpha value is -2.99. The van der Waals surface area contributed by atoms with Crippen LogP contribution in [-0.4, -0.2) is 31.6 Å². The lowest BCUT2D eigenvalue weighted by Crippen LogP contribution is -2.19. The molecule has 0 aromatic heterocycles. The van der Waals surface area contributed by atoms with Gasteiger partial charge in [-0.05, 0) is 48.0 Å². The fourth-order valence-corrected chi connectivity index (χ4v) is 3.40. The first-order chi connectivity index (χ1) is 13.7. The maximum absolute atomic E-state index is 12.1. The zero-order chi connectivity index (χ0) is 19.8. The lowest BCUT2D eigenvalue weighted by molar-refractivity contribution is -0.118. The van der Waals surface area contributed by atoms with E-state index in [0.29, 0.717) is 6.61 Å². The average molecular weight is 394 g/mol. The number of rotatable bonds is 8. The molecule has 0 heterocycles. The van der Waals surface area contributed by atoms with Crippen LogP contribution < -0.4 is 14.9 Å². The Bertz CT molecular complexity index is 971. The van der Waals surface area contributed by atoms with E-state index in [2.05, 4.69) is 10.5 Å². The molecule has 0 aliphatic carbocycles. The number of carbonyl (C=O) groups excluding carboxylic acids is 1. The number of carbonyl (C=O) groups is 1. The van der Waals surface area contributed by atoms with Crippen LogP contribution in [0.1, 0.15) is 12.5 Å². The molecule has 0 aliphatic rings. The van der Waals surface area contributed by atoms with Crippen molar-refractivity contribution in [1.29, 1.82) is 0 Å². The number of thioether (sulfide) groups is 1. The molecule has 28 heavy (non-hydrogen) atoms. The van der Waals surface area contributed by atoms with Crippen molar-refractivity contribution >= 4 is 34.7 Å². The number of hydrogen-bond acceptors (Lipinski definition) is 5. The summed E-state index contributed by atoms with van der Waals surface area (Å²) in [5.41, 5.74) is 3.44. The summed E-state index contributed by atoms with van der Waals surface area (Å²) in [6.07, 6.45) is 1.64. The summed E-state index contributed by atoms with van der Waals surface area (Å²) in [6, 6.07) is 19.5. The molecule has 0 radical (unpaired) electrons. The summed E-state index contributed by atoms with van der Waals surface area (Å²) in [6.45, 7) is 2.50. The second-order valence-corrected chi connectivity index (χ2v) is 6.94. The maximum atomic E-state index is 12.1. The minimum atomic E-state index is -0.171. The third-order valence-corrected chi connectivity index (χ3v) is 5.05. The molecule has 0 bridgehead atoms. The normalized spacial score (nSPS) is 10.9. The molecular weight excluding hydrogens is 372 g/mol. The van der Waals surface area contributed by atoms with Gasteiger partial charge >= 0.3 is 0 Å². The van der Waals surface area contributed by atoms with Crippen LogP contribution in [0.15, 0.2) is 70.7 Å². The van der Waals surface area contributed by atoms with E-state index in [4.69, 9.17) is 9.47 Å². The Balaban J connectivity index is 1.64. The van der Waals surface area contributed by atoms with E-state index in [1.54, 1.807) is 13.3 Å². The van der Waals surface area contributed by atoms with Crippen LogP contribution in [0.5, 0.6) is 11.5 Å². The van der Waals surface area contributed by atoms with Crippen molar-refractivity contribution in [2.24, 2.45) is 5.10 Å². The second-order valence-electron chi connectivity index (χ2n) is 5.89. The van der Waals surface area contributed by atoms with Crippen LogP contribution in [-0.2, 0) is 4.79 Å². The monoisotopic (exact) mass is 394 g/mol. The summed E-state index contributed by atoms with van der Waals surface area (Å²) < 4.78 is 10.8. The molecule has 0 spiro atoms. The lowest BCUT2D eigenvalue weighted by atomic mass is 10.0. The van der Waals surface area contributed by atoms with Gasteiger partial charge in [0.25, 0.3) is 0 Å². The highest BCUT2D eigenvalue weighted by molar-refractivity contribution is 8.00. The zero-order valence-corrected chi connectivity index (χ0v) is 16.7. The van der Waals surface area contributed by atoms with E-state index in [1.165, 1.54) is 11.8 Å². The fourth-order valence-electron chi connectivity index (χ4n) is 2.71. The molecule has 3 aromatic rings. The van der Waals surface area contributed by atoms with Crippen molar-refractivity contribution in [2.75, 3.05) is 19.5 Å². The molecule has 0 fully saturated rings. The first kappa shape index (κ1) is 19.8. The topological polar surface area (TPSA) is 59.9 Å². The number of hydrazone groups is 1. The summed E-state index contributed by atoms with van der Waals surface area (Å²) >= 11 is 1.44. The van der Waals surface area contributed by atoms with Gasteiger partial charge in [-0.1, -0.05) is 30.3 Å². The van der Waals surface area contributed by atoms with E-state index < -0.39 is 0 Å². The van der Waals surface area contributed by atoms with Crippen molar-refractivity contribution < 1.29 is 14.3 Å².